The van der Waals surface area contributed by atoms with Crippen molar-refractivity contribution in [2.45, 2.75) is 18.6 Å². The monoisotopic (exact) mass is 437 g/mol. The summed E-state index contributed by atoms with van der Waals surface area (Å²) in [6.45, 7) is 5.20. The van der Waals surface area contributed by atoms with E-state index in [1.54, 1.807) is 43.3 Å². The van der Waals surface area contributed by atoms with E-state index < -0.39 is 0 Å². The Labute approximate surface area is 153 Å². The van der Waals surface area contributed by atoms with Crippen LogP contribution in [0.2, 0.25) is 0 Å². The molecule has 1 amide bonds. The van der Waals surface area contributed by atoms with E-state index in [-0.39, 0.29) is 41.2 Å². The molecule has 1 aromatic heterocycles. The van der Waals surface area contributed by atoms with Crippen LogP contribution in [-0.4, -0.2) is 48.0 Å². The maximum atomic E-state index is 11.8. The number of nitrogens with one attached hydrogen (secondary N) is 3. The molecule has 3 N–H and O–H groups in total. The van der Waals surface area contributed by atoms with Gasteiger partial charge in [-0.25, -0.2) is 0 Å². The van der Waals surface area contributed by atoms with E-state index in [1.165, 1.54) is 0 Å². The summed E-state index contributed by atoms with van der Waals surface area (Å²) in [4.78, 5) is 19.8. The number of pyridine rings is 1. The van der Waals surface area contributed by atoms with Gasteiger partial charge in [0.1, 0.15) is 0 Å². The summed E-state index contributed by atoms with van der Waals surface area (Å²) >= 11 is 1.77. The van der Waals surface area contributed by atoms with E-state index >= 15 is 0 Å². The largest absolute Gasteiger partial charge is 0.355 e. The minimum Gasteiger partial charge on any atom is -0.355 e. The SMILES string of the molecule is CN=C(NCC(=O)Nc1cccnc1)NCC(C)(C)SC.I. The molecule has 1 aromatic rings. The maximum Gasteiger partial charge on any atom is 0.243 e. The molecule has 0 aliphatic carbocycles. The minimum atomic E-state index is -0.143. The number of aromatic nitrogens is 1. The standard InChI is InChI=1S/C14H23N5OS.HI/c1-14(2,21-4)10-18-13(15-3)17-9-12(20)19-11-6-5-7-16-8-11;/h5-8H,9-10H2,1-4H3,(H,19,20)(H2,15,17,18);1H. The van der Waals surface area contributed by atoms with Gasteiger partial charge in [-0.05, 0) is 32.2 Å². The Morgan fingerprint density at radius 1 is 1.41 bits per heavy atom. The third-order valence-electron chi connectivity index (χ3n) is 2.82. The first-order valence-corrected chi connectivity index (χ1v) is 7.89. The number of amides is 1. The molecule has 0 radical (unpaired) electrons. The smallest absolute Gasteiger partial charge is 0.243 e. The molecule has 124 valence electrons. The lowest BCUT2D eigenvalue weighted by Crippen LogP contribution is -2.45. The van der Waals surface area contributed by atoms with Crippen LogP contribution in [0.15, 0.2) is 29.5 Å². The second-order valence-electron chi connectivity index (χ2n) is 5.03. The van der Waals surface area contributed by atoms with Gasteiger partial charge >= 0.3 is 0 Å². The fourth-order valence-corrected chi connectivity index (χ4v) is 1.61. The van der Waals surface area contributed by atoms with Gasteiger partial charge in [0.2, 0.25) is 5.91 Å². The number of aliphatic imine (C=N–C) groups is 1. The van der Waals surface area contributed by atoms with Gasteiger partial charge in [0.25, 0.3) is 0 Å². The van der Waals surface area contributed by atoms with Crippen molar-refractivity contribution in [3.8, 4) is 0 Å². The number of guanidine groups is 1. The number of hydrogen-bond acceptors (Lipinski definition) is 4. The minimum absolute atomic E-state index is 0. The third-order valence-corrected chi connectivity index (χ3v) is 4.07. The summed E-state index contributed by atoms with van der Waals surface area (Å²) in [6, 6.07) is 3.56. The Hall–Kier alpha value is -1.03. The molecule has 6 nitrogen and oxygen atoms in total. The number of hydrogen-bond donors (Lipinski definition) is 3. The van der Waals surface area contributed by atoms with Crippen molar-refractivity contribution in [3.05, 3.63) is 24.5 Å². The molecule has 0 atom stereocenters. The molecule has 0 bridgehead atoms. The third kappa shape index (κ3) is 8.42. The van der Waals surface area contributed by atoms with Crippen molar-refractivity contribution < 1.29 is 4.79 Å². The second kappa shape index (κ2) is 10.7. The topological polar surface area (TPSA) is 78.4 Å². The van der Waals surface area contributed by atoms with Gasteiger partial charge in [-0.3, -0.25) is 14.8 Å². The molecular weight excluding hydrogens is 413 g/mol. The number of rotatable bonds is 6. The number of carbonyl (C=O) groups is 1. The summed E-state index contributed by atoms with van der Waals surface area (Å²) in [5.74, 6) is 0.466. The zero-order valence-electron chi connectivity index (χ0n) is 13.3. The van der Waals surface area contributed by atoms with Crippen molar-refractivity contribution in [1.29, 1.82) is 0 Å². The zero-order valence-corrected chi connectivity index (χ0v) is 16.5. The van der Waals surface area contributed by atoms with Gasteiger partial charge in [-0.2, -0.15) is 11.8 Å². The van der Waals surface area contributed by atoms with E-state index in [4.69, 9.17) is 0 Å². The molecule has 1 rings (SSSR count). The van der Waals surface area contributed by atoms with Crippen molar-refractivity contribution in [2.75, 3.05) is 31.7 Å². The molecule has 0 unspecified atom stereocenters. The zero-order chi connectivity index (χ0) is 15.7. The van der Waals surface area contributed by atoms with Crippen molar-refractivity contribution in [2.24, 2.45) is 4.99 Å². The fourth-order valence-electron chi connectivity index (χ4n) is 1.40. The van der Waals surface area contributed by atoms with E-state index in [0.29, 0.717) is 11.6 Å². The second-order valence-corrected chi connectivity index (χ2v) is 6.55. The Kier molecular flexibility index (Phi) is 10.2. The maximum absolute atomic E-state index is 11.8. The predicted molar refractivity (Wildman–Crippen MR) is 105 cm³/mol. The van der Waals surface area contributed by atoms with Crippen LogP contribution >= 0.6 is 35.7 Å². The summed E-state index contributed by atoms with van der Waals surface area (Å²) in [5, 5.41) is 8.94. The first-order chi connectivity index (χ1) is 9.96. The van der Waals surface area contributed by atoms with Crippen LogP contribution in [-0.2, 0) is 4.79 Å². The van der Waals surface area contributed by atoms with E-state index in [9.17, 15) is 4.79 Å². The summed E-state index contributed by atoms with van der Waals surface area (Å²) < 4.78 is 0.107. The fraction of sp³-hybridized carbons (Fsp3) is 0.500. The first-order valence-electron chi connectivity index (χ1n) is 6.66. The van der Waals surface area contributed by atoms with Crippen molar-refractivity contribution in [3.63, 3.8) is 0 Å². The molecule has 0 spiro atoms. The van der Waals surface area contributed by atoms with E-state index in [1.807, 2.05) is 0 Å². The van der Waals surface area contributed by atoms with E-state index in [2.05, 4.69) is 46.0 Å². The van der Waals surface area contributed by atoms with Gasteiger partial charge in [-0.15, -0.1) is 24.0 Å². The normalized spacial score (nSPS) is 11.4. The van der Waals surface area contributed by atoms with Crippen molar-refractivity contribution in [1.82, 2.24) is 15.6 Å². The molecular formula is C14H24IN5OS. The Morgan fingerprint density at radius 2 is 2.14 bits per heavy atom. The highest BCUT2D eigenvalue weighted by Crippen LogP contribution is 2.19. The van der Waals surface area contributed by atoms with Gasteiger partial charge in [0.15, 0.2) is 5.96 Å². The lowest BCUT2D eigenvalue weighted by atomic mass is 10.2. The molecule has 0 aliphatic rings. The molecule has 8 heteroatoms. The molecule has 0 aromatic carbocycles. The number of anilines is 1. The highest BCUT2D eigenvalue weighted by atomic mass is 127. The number of carbonyl (C=O) groups excluding carboxylic acids is 1. The van der Waals surface area contributed by atoms with Crippen LogP contribution in [0, 0.1) is 0 Å². The quantitative estimate of drug-likeness (QED) is 0.360. The highest BCUT2D eigenvalue weighted by Gasteiger charge is 2.16. The summed E-state index contributed by atoms with van der Waals surface area (Å²) in [6.07, 6.45) is 5.33. The average Bonchev–Trinajstić information content (AvgIpc) is 2.48. The van der Waals surface area contributed by atoms with Crippen LogP contribution in [0.5, 0.6) is 0 Å². The molecule has 0 saturated carbocycles. The predicted octanol–water partition coefficient (Wildman–Crippen LogP) is 1.94. The summed E-state index contributed by atoms with van der Waals surface area (Å²) in [7, 11) is 1.68. The lowest BCUT2D eigenvalue weighted by molar-refractivity contribution is -0.115. The molecule has 0 fully saturated rings. The van der Waals surface area contributed by atoms with Crippen molar-refractivity contribution >= 4 is 53.3 Å². The van der Waals surface area contributed by atoms with Crippen LogP contribution in [0.4, 0.5) is 5.69 Å². The van der Waals surface area contributed by atoms with Gasteiger partial charge in [0.05, 0.1) is 18.4 Å². The Balaban J connectivity index is 0.00000441. The lowest BCUT2D eigenvalue weighted by Gasteiger charge is -2.23. The van der Waals surface area contributed by atoms with Crippen LogP contribution in [0.1, 0.15) is 13.8 Å². The summed E-state index contributed by atoms with van der Waals surface area (Å²) in [5.41, 5.74) is 0.677. The first kappa shape index (κ1) is 21.0. The van der Waals surface area contributed by atoms with Gasteiger partial charge in [0, 0.05) is 24.5 Å². The molecule has 0 saturated heterocycles. The van der Waals surface area contributed by atoms with Gasteiger partial charge < -0.3 is 16.0 Å². The van der Waals surface area contributed by atoms with Crippen LogP contribution < -0.4 is 16.0 Å². The molecule has 0 aliphatic heterocycles. The van der Waals surface area contributed by atoms with E-state index in [0.717, 1.165) is 6.54 Å². The van der Waals surface area contributed by atoms with Crippen LogP contribution in [0.3, 0.4) is 0 Å². The van der Waals surface area contributed by atoms with Gasteiger partial charge in [-0.1, -0.05) is 0 Å². The number of nitrogens with zero attached hydrogens (tertiary/aromatic N) is 2. The Bertz CT molecular complexity index is 481. The van der Waals surface area contributed by atoms with Crippen LogP contribution in [0.25, 0.3) is 0 Å². The molecule has 1 heterocycles. The average molecular weight is 437 g/mol. The molecule has 22 heavy (non-hydrogen) atoms. The number of thioether (sulfide) groups is 1. The highest BCUT2D eigenvalue weighted by molar-refractivity contribution is 14.0. The number of halogens is 1. The Morgan fingerprint density at radius 3 is 2.68 bits per heavy atom.